The first-order valence-electron chi connectivity index (χ1n) is 11.6. The third-order valence-corrected chi connectivity index (χ3v) is 5.85. The third-order valence-electron chi connectivity index (χ3n) is 5.61. The summed E-state index contributed by atoms with van der Waals surface area (Å²) in [7, 11) is 0. The Hall–Kier alpha value is -3.45. The molecule has 0 bridgehead atoms. The van der Waals surface area contributed by atoms with E-state index in [1.54, 1.807) is 30.5 Å². The maximum atomic E-state index is 12.1. The van der Waals surface area contributed by atoms with Gasteiger partial charge >= 0.3 is 0 Å². The van der Waals surface area contributed by atoms with Crippen molar-refractivity contribution in [2.24, 2.45) is 0 Å². The lowest BCUT2D eigenvalue weighted by molar-refractivity contribution is 0.0956. The molecule has 0 aliphatic rings. The zero-order chi connectivity index (χ0) is 24.6. The van der Waals surface area contributed by atoms with Crippen molar-refractivity contribution < 1.29 is 14.6 Å². The molecule has 1 amide bonds. The minimum absolute atomic E-state index is 0.119. The van der Waals surface area contributed by atoms with E-state index in [-0.39, 0.29) is 5.91 Å². The molecule has 35 heavy (non-hydrogen) atoms. The number of rotatable bonds is 10. The quantitative estimate of drug-likeness (QED) is 0.263. The fourth-order valence-corrected chi connectivity index (χ4v) is 3.97. The predicted octanol–water partition coefficient (Wildman–Crippen LogP) is 5.30. The molecule has 1 aromatic heterocycles. The lowest BCUT2D eigenvalue weighted by atomic mass is 10.1. The van der Waals surface area contributed by atoms with Gasteiger partial charge in [-0.1, -0.05) is 35.9 Å². The molecule has 0 radical (unpaired) electrons. The molecule has 0 saturated carbocycles. The molecule has 4 rings (SSSR count). The van der Waals surface area contributed by atoms with Crippen LogP contribution in [0.25, 0.3) is 10.9 Å². The van der Waals surface area contributed by atoms with Crippen LogP contribution in [0.15, 0.2) is 79.0 Å². The lowest BCUT2D eigenvalue weighted by Gasteiger charge is -2.13. The normalized spacial score (nSPS) is 11.9. The molecule has 7 heteroatoms. The topological polar surface area (TPSA) is 83.5 Å². The molecule has 0 unspecified atom stereocenters. The summed E-state index contributed by atoms with van der Waals surface area (Å²) in [6, 6.07) is 22.4. The van der Waals surface area contributed by atoms with E-state index in [0.717, 1.165) is 35.2 Å². The second kappa shape index (κ2) is 11.8. The number of ether oxygens (including phenoxy) is 1. The number of hydrogen-bond donors (Lipinski definition) is 3. The van der Waals surface area contributed by atoms with Crippen LogP contribution in [0.5, 0.6) is 11.5 Å². The Morgan fingerprint density at radius 2 is 1.91 bits per heavy atom. The Balaban J connectivity index is 1.32. The highest BCUT2D eigenvalue weighted by atomic mass is 35.5. The van der Waals surface area contributed by atoms with Crippen LogP contribution in [0, 0.1) is 0 Å². The SMILES string of the molecule is CCNC(=O)c1ccc2c(Oc3ccc(CCNC[C@H](O)c4cccc(Cl)c4)cc3)ccnc2c1. The summed E-state index contributed by atoms with van der Waals surface area (Å²) >= 11 is 5.99. The second-order valence-corrected chi connectivity index (χ2v) is 8.61. The first kappa shape index (κ1) is 24.7. The molecule has 0 fully saturated rings. The van der Waals surface area contributed by atoms with Crippen LogP contribution >= 0.6 is 11.6 Å². The molecule has 1 heterocycles. The van der Waals surface area contributed by atoms with Crippen molar-refractivity contribution in [2.45, 2.75) is 19.4 Å². The van der Waals surface area contributed by atoms with Crippen molar-refractivity contribution in [3.05, 3.63) is 101 Å². The van der Waals surface area contributed by atoms with Crippen molar-refractivity contribution >= 4 is 28.4 Å². The minimum atomic E-state index is -0.600. The number of halogens is 1. The van der Waals surface area contributed by atoms with Gasteiger partial charge in [0.05, 0.1) is 11.6 Å². The van der Waals surface area contributed by atoms with Crippen molar-refractivity contribution in [1.82, 2.24) is 15.6 Å². The van der Waals surface area contributed by atoms with Gasteiger partial charge in [0.1, 0.15) is 11.5 Å². The Bertz CT molecular complexity index is 1290. The van der Waals surface area contributed by atoms with Gasteiger partial charge in [-0.05, 0) is 79.5 Å². The molecule has 0 spiro atoms. The largest absolute Gasteiger partial charge is 0.457 e. The van der Waals surface area contributed by atoms with E-state index in [1.165, 1.54) is 0 Å². The zero-order valence-corrected chi connectivity index (χ0v) is 20.3. The number of aromatic nitrogens is 1. The molecule has 4 aromatic rings. The van der Waals surface area contributed by atoms with Crippen LogP contribution in [0.1, 0.15) is 34.5 Å². The van der Waals surface area contributed by atoms with E-state index in [2.05, 4.69) is 15.6 Å². The van der Waals surface area contributed by atoms with E-state index >= 15 is 0 Å². The number of aliphatic hydroxyl groups excluding tert-OH is 1. The Morgan fingerprint density at radius 1 is 1.09 bits per heavy atom. The van der Waals surface area contributed by atoms with Gasteiger partial charge in [-0.15, -0.1) is 0 Å². The van der Waals surface area contributed by atoms with Gasteiger partial charge < -0.3 is 20.5 Å². The number of aliphatic hydroxyl groups is 1. The van der Waals surface area contributed by atoms with Crippen LogP contribution in [0.3, 0.4) is 0 Å². The number of hydrogen-bond acceptors (Lipinski definition) is 5. The third kappa shape index (κ3) is 6.57. The molecule has 0 saturated heterocycles. The lowest BCUT2D eigenvalue weighted by Crippen LogP contribution is -2.23. The summed E-state index contributed by atoms with van der Waals surface area (Å²) in [6.45, 7) is 3.65. The standard InChI is InChI=1S/C28H28ClN3O3/c1-2-31-28(34)21-8-11-24-25(17-21)32-15-13-27(24)35-23-9-6-19(7-10-23)12-14-30-18-26(33)20-4-3-5-22(29)16-20/h3-11,13,15-17,26,30,33H,2,12,14,18H2,1H3,(H,31,34)/t26-/m0/s1. The maximum Gasteiger partial charge on any atom is 0.251 e. The highest BCUT2D eigenvalue weighted by Gasteiger charge is 2.10. The van der Waals surface area contributed by atoms with Gasteiger partial charge in [-0.3, -0.25) is 9.78 Å². The van der Waals surface area contributed by atoms with Crippen LogP contribution in [0.4, 0.5) is 0 Å². The number of nitrogens with one attached hydrogen (secondary N) is 2. The number of nitrogens with zero attached hydrogens (tertiary/aromatic N) is 1. The van der Waals surface area contributed by atoms with E-state index in [4.69, 9.17) is 16.3 Å². The van der Waals surface area contributed by atoms with Crippen molar-refractivity contribution in [1.29, 1.82) is 0 Å². The van der Waals surface area contributed by atoms with Crippen LogP contribution in [0.2, 0.25) is 5.02 Å². The second-order valence-electron chi connectivity index (χ2n) is 8.17. The monoisotopic (exact) mass is 489 g/mol. The fraction of sp³-hybridized carbons (Fsp3) is 0.214. The zero-order valence-electron chi connectivity index (χ0n) is 19.5. The summed E-state index contributed by atoms with van der Waals surface area (Å²) in [6.07, 6.45) is 1.90. The number of carbonyl (C=O) groups excluding carboxylic acids is 1. The van der Waals surface area contributed by atoms with E-state index in [0.29, 0.717) is 34.9 Å². The van der Waals surface area contributed by atoms with Crippen molar-refractivity contribution in [2.75, 3.05) is 19.6 Å². The first-order valence-corrected chi connectivity index (χ1v) is 12.0. The molecular weight excluding hydrogens is 462 g/mol. The number of pyridine rings is 1. The Kier molecular flexibility index (Phi) is 8.32. The number of benzene rings is 3. The van der Waals surface area contributed by atoms with Crippen LogP contribution in [-0.2, 0) is 6.42 Å². The summed E-state index contributed by atoms with van der Waals surface area (Å²) in [4.78, 5) is 16.5. The maximum absolute atomic E-state index is 12.1. The Labute approximate surface area is 209 Å². The molecule has 0 aliphatic carbocycles. The Morgan fingerprint density at radius 3 is 2.69 bits per heavy atom. The van der Waals surface area contributed by atoms with E-state index in [9.17, 15) is 9.90 Å². The van der Waals surface area contributed by atoms with Gasteiger partial charge in [0, 0.05) is 35.3 Å². The minimum Gasteiger partial charge on any atom is -0.457 e. The summed E-state index contributed by atoms with van der Waals surface area (Å²) in [5.41, 5.74) is 3.24. The van der Waals surface area contributed by atoms with Gasteiger partial charge in [-0.25, -0.2) is 0 Å². The molecule has 180 valence electrons. The van der Waals surface area contributed by atoms with Crippen molar-refractivity contribution in [3.63, 3.8) is 0 Å². The summed E-state index contributed by atoms with van der Waals surface area (Å²) < 4.78 is 6.11. The van der Waals surface area contributed by atoms with Gasteiger partial charge in [0.25, 0.3) is 5.91 Å². The number of carbonyl (C=O) groups is 1. The average molecular weight is 490 g/mol. The molecule has 0 aliphatic heterocycles. The summed E-state index contributed by atoms with van der Waals surface area (Å²) in [5, 5.41) is 17.8. The van der Waals surface area contributed by atoms with Gasteiger partial charge in [0.15, 0.2) is 0 Å². The molecule has 3 aromatic carbocycles. The predicted molar refractivity (Wildman–Crippen MR) is 139 cm³/mol. The summed E-state index contributed by atoms with van der Waals surface area (Å²) in [5.74, 6) is 1.28. The molecular formula is C28H28ClN3O3. The molecule has 6 nitrogen and oxygen atoms in total. The first-order chi connectivity index (χ1) is 17.0. The average Bonchev–Trinajstić information content (AvgIpc) is 2.87. The van der Waals surface area contributed by atoms with Gasteiger partial charge in [0.2, 0.25) is 0 Å². The molecule has 1 atom stereocenters. The van der Waals surface area contributed by atoms with Crippen molar-refractivity contribution in [3.8, 4) is 11.5 Å². The smallest absolute Gasteiger partial charge is 0.251 e. The fourth-order valence-electron chi connectivity index (χ4n) is 3.77. The highest BCUT2D eigenvalue weighted by molar-refractivity contribution is 6.30. The van der Waals surface area contributed by atoms with Gasteiger partial charge in [-0.2, -0.15) is 0 Å². The van der Waals surface area contributed by atoms with E-state index < -0.39 is 6.10 Å². The molecule has 3 N–H and O–H groups in total. The number of fused-ring (bicyclic) bond motifs is 1. The highest BCUT2D eigenvalue weighted by Crippen LogP contribution is 2.29. The van der Waals surface area contributed by atoms with Crippen LogP contribution < -0.4 is 15.4 Å². The van der Waals surface area contributed by atoms with E-state index in [1.807, 2.05) is 55.5 Å². The number of amides is 1. The van der Waals surface area contributed by atoms with Crippen LogP contribution in [-0.4, -0.2) is 35.6 Å².